The first kappa shape index (κ1) is 35.0. The van der Waals surface area contributed by atoms with Crippen LogP contribution < -0.4 is 5.32 Å². The van der Waals surface area contributed by atoms with Gasteiger partial charge in [-0.3, -0.25) is 9.20 Å². The molecule has 0 saturated heterocycles. The first-order valence-electron chi connectivity index (χ1n) is 14.9. The Morgan fingerprint density at radius 1 is 0.900 bits per heavy atom. The van der Waals surface area contributed by atoms with Crippen molar-refractivity contribution in [3.8, 4) is 12.1 Å². The second kappa shape index (κ2) is 16.2. The summed E-state index contributed by atoms with van der Waals surface area (Å²) < 4.78 is 3.97. The minimum Gasteiger partial charge on any atom is -0.368 e. The van der Waals surface area contributed by atoms with Gasteiger partial charge in [0.25, 0.3) is 0 Å². The number of rotatable bonds is 6. The molecule has 0 amide bonds. The van der Waals surface area contributed by atoms with E-state index in [0.29, 0.717) is 29.5 Å². The van der Waals surface area contributed by atoms with Crippen LogP contribution in [0.3, 0.4) is 0 Å². The van der Waals surface area contributed by atoms with Crippen LogP contribution in [0.4, 0.5) is 5.82 Å². The van der Waals surface area contributed by atoms with Crippen molar-refractivity contribution >= 4 is 74.1 Å². The van der Waals surface area contributed by atoms with Crippen molar-refractivity contribution in [2.24, 2.45) is 0 Å². The molecule has 6 aromatic heterocycles. The number of H-pyrrole nitrogens is 1. The van der Waals surface area contributed by atoms with E-state index in [9.17, 15) is 10.1 Å². The molecule has 14 heteroatoms. The number of carbonyl (C=O) groups is 1. The van der Waals surface area contributed by atoms with Crippen molar-refractivity contribution in [2.45, 2.75) is 20.4 Å². The van der Waals surface area contributed by atoms with E-state index in [2.05, 4.69) is 42.4 Å². The molecule has 2 aromatic carbocycles. The number of carbonyl (C=O) groups excluding carboxylic acids is 1. The van der Waals surface area contributed by atoms with Crippen LogP contribution >= 0.6 is 23.2 Å². The lowest BCUT2D eigenvalue weighted by Gasteiger charge is -2.09. The molecule has 0 aliphatic heterocycles. The third kappa shape index (κ3) is 7.85. The molecule has 0 atom stereocenters. The van der Waals surface area contributed by atoms with Gasteiger partial charge < -0.3 is 14.9 Å². The summed E-state index contributed by atoms with van der Waals surface area (Å²) in [4.78, 5) is 34.6. The molecule has 0 bridgehead atoms. The molecule has 0 aliphatic rings. The summed E-state index contributed by atoms with van der Waals surface area (Å²) in [6.07, 6.45) is 6.46. The van der Waals surface area contributed by atoms with Crippen LogP contribution in [0.1, 0.15) is 29.2 Å². The monoisotopic (exact) mass is 701 g/mol. The van der Waals surface area contributed by atoms with Crippen molar-refractivity contribution in [3.05, 3.63) is 125 Å². The number of hydrogen-bond acceptors (Lipinski definition) is 9. The second-order valence-corrected chi connectivity index (χ2v) is 11.2. The molecular formula is C36H29Cl2N11O. The highest BCUT2D eigenvalue weighted by atomic mass is 35.5. The highest BCUT2D eigenvalue weighted by molar-refractivity contribution is 6.33. The molecule has 50 heavy (non-hydrogen) atoms. The van der Waals surface area contributed by atoms with Gasteiger partial charge in [-0.05, 0) is 54.6 Å². The normalized spacial score (nSPS) is 10.3. The van der Waals surface area contributed by atoms with E-state index in [-0.39, 0.29) is 17.7 Å². The van der Waals surface area contributed by atoms with Gasteiger partial charge >= 0.3 is 0 Å². The third-order valence-corrected chi connectivity index (χ3v) is 7.74. The second-order valence-electron chi connectivity index (χ2n) is 10.4. The van der Waals surface area contributed by atoms with Crippen LogP contribution in [0.25, 0.3) is 38.7 Å². The number of fused-ring (bicyclic) bond motifs is 6. The lowest BCUT2D eigenvalue weighted by molar-refractivity contribution is 0.112. The maximum atomic E-state index is 10.2. The Hall–Kier alpha value is -6.34. The number of hydrogen-bond donors (Lipinski definition) is 2. The van der Waals surface area contributed by atoms with Gasteiger partial charge in [0.1, 0.15) is 33.7 Å². The van der Waals surface area contributed by atoms with Gasteiger partial charge in [0.15, 0.2) is 11.9 Å². The number of aromatic amines is 1. The zero-order valence-electron chi connectivity index (χ0n) is 25.6. The van der Waals surface area contributed by atoms with Crippen molar-refractivity contribution in [2.75, 3.05) is 11.9 Å². The van der Waals surface area contributed by atoms with Gasteiger partial charge in [0.2, 0.25) is 0 Å². The van der Waals surface area contributed by atoms with Crippen LogP contribution in [-0.2, 0) is 13.0 Å². The van der Waals surface area contributed by atoms with E-state index in [1.807, 2.05) is 81.9 Å². The first-order chi connectivity index (χ1) is 24.0. The zero-order chi connectivity index (χ0) is 34.2. The van der Waals surface area contributed by atoms with Gasteiger partial charge in [-0.2, -0.15) is 10.5 Å². The molecule has 6 heterocycles. The fourth-order valence-electron chi connectivity index (χ4n) is 4.98. The Bertz CT molecular complexity index is 2460. The average Bonchev–Trinajstić information content (AvgIpc) is 3.88. The summed E-state index contributed by atoms with van der Waals surface area (Å²) in [5.74, 6) is 1.52. The van der Waals surface area contributed by atoms with Crippen LogP contribution in [-0.4, -0.2) is 51.7 Å². The Morgan fingerprint density at radius 2 is 1.70 bits per heavy atom. The fourth-order valence-corrected chi connectivity index (χ4v) is 5.37. The summed E-state index contributed by atoms with van der Waals surface area (Å²) in [6, 6.07) is 28.7. The molecule has 248 valence electrons. The van der Waals surface area contributed by atoms with Gasteiger partial charge in [0, 0.05) is 30.9 Å². The minimum absolute atomic E-state index is 0. The summed E-state index contributed by atoms with van der Waals surface area (Å²) in [6.45, 7) is 1.54. The molecule has 2 N–H and O–H groups in total. The Morgan fingerprint density at radius 3 is 2.42 bits per heavy atom. The van der Waals surface area contributed by atoms with E-state index < -0.39 is 0 Å². The number of imidazole rings is 3. The van der Waals surface area contributed by atoms with Crippen molar-refractivity contribution < 1.29 is 4.79 Å². The molecule has 0 aliphatic carbocycles. The standard InChI is InChI=1S/C20H15N7.C9H7N3.C6H3Cl2NO.CH4/c21-12-15-11-14-5-6-18(23-8-10-26-9-7-22-13-26)25-19(14)27-17-4-2-1-3-16(17)24-20(15)27;10-6-5-9-11-7-3-1-2-4-8(7)12-9;7-5-2-1-4(3-10)6(8)9-5;/h1-7,9,11,13H,8,10H2,(H,23,25);1-4H,5H2,(H,11,12);1-3H;1H4. The molecule has 12 nitrogen and oxygen atoms in total. The van der Waals surface area contributed by atoms with Gasteiger partial charge in [0.05, 0.1) is 52.0 Å². The Kier molecular flexibility index (Phi) is 11.3. The van der Waals surface area contributed by atoms with E-state index >= 15 is 0 Å². The van der Waals surface area contributed by atoms with E-state index in [4.69, 9.17) is 33.4 Å². The maximum Gasteiger partial charge on any atom is 0.157 e. The SMILES string of the molecule is C.N#CCc1nc2ccccc2[nH]1.N#Cc1cc2ccc(NCCn3ccnc3)nc2n2c1nc1ccccc12.O=Cc1ccc(Cl)nc1Cl. The number of nitriles is 2. The van der Waals surface area contributed by atoms with Crippen molar-refractivity contribution in [3.63, 3.8) is 0 Å². The number of pyridine rings is 3. The number of nitrogens with zero attached hydrogens (tertiary/aromatic N) is 9. The molecule has 0 unspecified atom stereocenters. The Balaban J connectivity index is 0.000000175. The van der Waals surface area contributed by atoms with Crippen molar-refractivity contribution in [1.82, 2.24) is 38.9 Å². The number of para-hydroxylation sites is 4. The highest BCUT2D eigenvalue weighted by Crippen LogP contribution is 2.26. The van der Waals surface area contributed by atoms with Crippen LogP contribution in [0.15, 0.2) is 97.6 Å². The minimum atomic E-state index is 0. The lowest BCUT2D eigenvalue weighted by atomic mass is 10.2. The topological polar surface area (TPSA) is 166 Å². The first-order valence-corrected chi connectivity index (χ1v) is 15.6. The van der Waals surface area contributed by atoms with E-state index in [1.54, 1.807) is 12.5 Å². The number of anilines is 1. The lowest BCUT2D eigenvalue weighted by Crippen LogP contribution is -2.10. The summed E-state index contributed by atoms with van der Waals surface area (Å²) in [5.41, 5.74) is 6.01. The largest absolute Gasteiger partial charge is 0.368 e. The van der Waals surface area contributed by atoms with Gasteiger partial charge in [-0.1, -0.05) is 54.9 Å². The van der Waals surface area contributed by atoms with E-state index in [0.717, 1.165) is 57.8 Å². The molecule has 8 rings (SSSR count). The third-order valence-electron chi connectivity index (χ3n) is 7.23. The van der Waals surface area contributed by atoms with Crippen LogP contribution in [0.5, 0.6) is 0 Å². The predicted octanol–water partition coefficient (Wildman–Crippen LogP) is 7.68. The number of nitrogens with one attached hydrogen (secondary N) is 2. The van der Waals surface area contributed by atoms with E-state index in [1.165, 1.54) is 12.1 Å². The van der Waals surface area contributed by atoms with Gasteiger partial charge in [-0.25, -0.2) is 24.9 Å². The zero-order valence-corrected chi connectivity index (χ0v) is 27.1. The molecule has 0 saturated carbocycles. The molecule has 0 spiro atoms. The average molecular weight is 703 g/mol. The molecular weight excluding hydrogens is 673 g/mol. The maximum absolute atomic E-state index is 10.2. The van der Waals surface area contributed by atoms with Crippen LogP contribution in [0, 0.1) is 22.7 Å². The predicted molar refractivity (Wildman–Crippen MR) is 195 cm³/mol. The van der Waals surface area contributed by atoms with Crippen molar-refractivity contribution in [1.29, 1.82) is 10.5 Å². The van der Waals surface area contributed by atoms with Gasteiger partial charge in [-0.15, -0.1) is 0 Å². The summed E-state index contributed by atoms with van der Waals surface area (Å²) in [7, 11) is 0. The summed E-state index contributed by atoms with van der Waals surface area (Å²) >= 11 is 11.0. The number of aldehydes is 1. The number of aromatic nitrogens is 8. The Labute approximate surface area is 296 Å². The smallest absolute Gasteiger partial charge is 0.157 e. The fraction of sp³-hybridized carbons (Fsp3) is 0.111. The summed E-state index contributed by atoms with van der Waals surface area (Å²) in [5, 5.41) is 22.7. The quantitative estimate of drug-likeness (QED) is 0.130. The molecule has 0 radical (unpaired) electrons. The molecule has 8 aromatic rings. The van der Waals surface area contributed by atoms with Crippen LogP contribution in [0.2, 0.25) is 10.3 Å². The molecule has 0 fully saturated rings. The highest BCUT2D eigenvalue weighted by Gasteiger charge is 2.13. The number of halogens is 2. The number of benzene rings is 2.